The van der Waals surface area contributed by atoms with Crippen molar-refractivity contribution >= 4 is 0 Å². The molecule has 1 unspecified atom stereocenters. The van der Waals surface area contributed by atoms with Gasteiger partial charge in [-0.05, 0) is 44.2 Å². The Morgan fingerprint density at radius 3 is 2.68 bits per heavy atom. The molecular weight excluding hydrogens is 236 g/mol. The summed E-state index contributed by atoms with van der Waals surface area (Å²) in [5, 5.41) is 3.36. The molecule has 0 saturated heterocycles. The van der Waals surface area contributed by atoms with E-state index in [0.29, 0.717) is 18.6 Å². The van der Waals surface area contributed by atoms with Crippen LogP contribution in [0.3, 0.4) is 0 Å². The Hall–Kier alpha value is -1.09. The van der Waals surface area contributed by atoms with Crippen molar-refractivity contribution < 1.29 is 0 Å². The first kappa shape index (κ1) is 14.3. The van der Waals surface area contributed by atoms with Crippen LogP contribution in [0.2, 0.25) is 0 Å². The van der Waals surface area contributed by atoms with Crippen LogP contribution >= 0.6 is 0 Å². The van der Waals surface area contributed by atoms with Gasteiger partial charge in [-0.3, -0.25) is 4.79 Å². The van der Waals surface area contributed by atoms with Crippen LogP contribution in [0, 0.1) is 0 Å². The van der Waals surface area contributed by atoms with Crippen LogP contribution in [0.4, 0.5) is 0 Å². The van der Waals surface area contributed by atoms with Gasteiger partial charge in [-0.1, -0.05) is 20.8 Å². The summed E-state index contributed by atoms with van der Waals surface area (Å²) in [5.41, 5.74) is 3.81. The number of hydrogen-bond acceptors (Lipinski definition) is 2. The van der Waals surface area contributed by atoms with Gasteiger partial charge >= 0.3 is 0 Å². The van der Waals surface area contributed by atoms with Crippen molar-refractivity contribution in [3.8, 4) is 0 Å². The summed E-state index contributed by atoms with van der Waals surface area (Å²) in [6.07, 6.45) is 4.38. The standard InChI is InChI=1S/C16H26N2O/c1-5-12(4)18-15-8-6-7-13(15)9-14(16(18)19)10-17-11(2)3/h9,11-12,17H,5-8,10H2,1-4H3. The quantitative estimate of drug-likeness (QED) is 0.885. The van der Waals surface area contributed by atoms with Gasteiger partial charge in [0.1, 0.15) is 0 Å². The van der Waals surface area contributed by atoms with Crippen molar-refractivity contribution in [3.63, 3.8) is 0 Å². The number of nitrogens with zero attached hydrogens (tertiary/aromatic N) is 1. The van der Waals surface area contributed by atoms with Gasteiger partial charge in [0.05, 0.1) is 0 Å². The van der Waals surface area contributed by atoms with Crippen LogP contribution in [0.25, 0.3) is 0 Å². The highest BCUT2D eigenvalue weighted by atomic mass is 16.1. The number of rotatable bonds is 5. The van der Waals surface area contributed by atoms with Crippen LogP contribution in [0.5, 0.6) is 0 Å². The third-order valence-corrected chi connectivity index (χ3v) is 4.10. The van der Waals surface area contributed by atoms with Crippen LogP contribution < -0.4 is 10.9 Å². The van der Waals surface area contributed by atoms with Crippen LogP contribution in [-0.4, -0.2) is 10.6 Å². The number of aromatic nitrogens is 1. The largest absolute Gasteiger partial charge is 0.310 e. The van der Waals surface area contributed by atoms with Crippen molar-refractivity contribution in [1.82, 2.24) is 9.88 Å². The lowest BCUT2D eigenvalue weighted by atomic mass is 10.1. The van der Waals surface area contributed by atoms with Gasteiger partial charge in [0.2, 0.25) is 0 Å². The zero-order chi connectivity index (χ0) is 14.0. The SMILES string of the molecule is CCC(C)n1c2c(cc(CNC(C)C)c1=O)CCC2. The van der Waals surface area contributed by atoms with Crippen molar-refractivity contribution in [2.75, 3.05) is 0 Å². The third-order valence-electron chi connectivity index (χ3n) is 4.10. The fraction of sp³-hybridized carbons (Fsp3) is 0.688. The molecular formula is C16H26N2O. The van der Waals surface area contributed by atoms with E-state index in [0.717, 1.165) is 24.8 Å². The van der Waals surface area contributed by atoms with Gasteiger partial charge in [-0.25, -0.2) is 0 Å². The maximum Gasteiger partial charge on any atom is 0.255 e. The smallest absolute Gasteiger partial charge is 0.255 e. The predicted octanol–water partition coefficient (Wildman–Crippen LogP) is 2.81. The second-order valence-electron chi connectivity index (χ2n) is 5.96. The van der Waals surface area contributed by atoms with Crippen molar-refractivity contribution in [1.29, 1.82) is 0 Å². The lowest BCUT2D eigenvalue weighted by Gasteiger charge is -2.20. The van der Waals surface area contributed by atoms with Crippen molar-refractivity contribution in [2.24, 2.45) is 0 Å². The molecule has 19 heavy (non-hydrogen) atoms. The molecule has 1 heterocycles. The molecule has 0 radical (unpaired) electrons. The number of hydrogen-bond donors (Lipinski definition) is 1. The second-order valence-corrected chi connectivity index (χ2v) is 5.96. The fourth-order valence-corrected chi connectivity index (χ4v) is 2.82. The highest BCUT2D eigenvalue weighted by molar-refractivity contribution is 5.31. The van der Waals surface area contributed by atoms with Gasteiger partial charge in [-0.15, -0.1) is 0 Å². The lowest BCUT2D eigenvalue weighted by Crippen LogP contribution is -2.33. The molecule has 1 aromatic heterocycles. The van der Waals surface area contributed by atoms with E-state index in [4.69, 9.17) is 0 Å². The van der Waals surface area contributed by atoms with Crippen molar-refractivity contribution in [2.45, 2.75) is 72.0 Å². The average Bonchev–Trinajstić information content (AvgIpc) is 2.83. The molecule has 1 aromatic rings. The second kappa shape index (κ2) is 5.91. The minimum atomic E-state index is 0.211. The predicted molar refractivity (Wildman–Crippen MR) is 79.7 cm³/mol. The molecule has 0 aromatic carbocycles. The molecule has 0 fully saturated rings. The van der Waals surface area contributed by atoms with E-state index in [1.54, 1.807) is 0 Å². The van der Waals surface area contributed by atoms with Gasteiger partial charge in [-0.2, -0.15) is 0 Å². The van der Waals surface area contributed by atoms with Gasteiger partial charge in [0.15, 0.2) is 0 Å². The zero-order valence-electron chi connectivity index (χ0n) is 12.6. The van der Waals surface area contributed by atoms with E-state index in [1.807, 2.05) is 0 Å². The highest BCUT2D eigenvalue weighted by Crippen LogP contribution is 2.24. The van der Waals surface area contributed by atoms with E-state index in [9.17, 15) is 4.79 Å². The maximum atomic E-state index is 12.7. The van der Waals surface area contributed by atoms with Gasteiger partial charge in [0.25, 0.3) is 5.56 Å². The summed E-state index contributed by atoms with van der Waals surface area (Å²) in [7, 11) is 0. The van der Waals surface area contributed by atoms with Gasteiger partial charge in [0, 0.05) is 29.9 Å². The normalized spacial score (nSPS) is 15.8. The molecule has 3 heteroatoms. The minimum Gasteiger partial charge on any atom is -0.310 e. The summed E-state index contributed by atoms with van der Waals surface area (Å²) in [6.45, 7) is 9.21. The van der Waals surface area contributed by atoms with Crippen molar-refractivity contribution in [3.05, 3.63) is 33.2 Å². The Labute approximate surface area is 116 Å². The van der Waals surface area contributed by atoms with E-state index < -0.39 is 0 Å². The Bertz CT molecular complexity index is 502. The monoisotopic (exact) mass is 262 g/mol. The molecule has 3 nitrogen and oxygen atoms in total. The Kier molecular flexibility index (Phi) is 4.46. The maximum absolute atomic E-state index is 12.7. The summed E-state index contributed by atoms with van der Waals surface area (Å²) >= 11 is 0. The lowest BCUT2D eigenvalue weighted by molar-refractivity contribution is 0.489. The van der Waals surface area contributed by atoms with E-state index >= 15 is 0 Å². The molecule has 0 spiro atoms. The molecule has 1 aliphatic carbocycles. The number of fused-ring (bicyclic) bond motifs is 1. The first-order valence-electron chi connectivity index (χ1n) is 7.54. The topological polar surface area (TPSA) is 34.0 Å². The molecule has 106 valence electrons. The molecule has 0 amide bonds. The Morgan fingerprint density at radius 1 is 1.32 bits per heavy atom. The summed E-state index contributed by atoms with van der Waals surface area (Å²) in [6, 6.07) is 2.85. The van der Waals surface area contributed by atoms with Gasteiger partial charge < -0.3 is 9.88 Å². The summed E-state index contributed by atoms with van der Waals surface area (Å²) in [5.74, 6) is 0. The minimum absolute atomic E-state index is 0.211. The number of nitrogens with one attached hydrogen (secondary N) is 1. The first-order valence-corrected chi connectivity index (χ1v) is 7.54. The van der Waals surface area contributed by atoms with Crippen LogP contribution in [-0.2, 0) is 19.4 Å². The van der Waals surface area contributed by atoms with E-state index in [2.05, 4.69) is 43.6 Å². The Morgan fingerprint density at radius 2 is 2.05 bits per heavy atom. The zero-order valence-corrected chi connectivity index (χ0v) is 12.6. The molecule has 2 rings (SSSR count). The molecule has 1 N–H and O–H groups in total. The number of pyridine rings is 1. The summed E-state index contributed by atoms with van der Waals surface area (Å²) < 4.78 is 2.06. The molecule has 0 aliphatic heterocycles. The average molecular weight is 262 g/mol. The molecule has 1 aliphatic rings. The highest BCUT2D eigenvalue weighted by Gasteiger charge is 2.21. The van der Waals surface area contributed by atoms with E-state index in [1.165, 1.54) is 17.7 Å². The molecule has 0 bridgehead atoms. The molecule has 1 atom stereocenters. The summed E-state index contributed by atoms with van der Waals surface area (Å²) in [4.78, 5) is 12.7. The Balaban J connectivity index is 2.43. The van der Waals surface area contributed by atoms with Crippen LogP contribution in [0.15, 0.2) is 10.9 Å². The van der Waals surface area contributed by atoms with E-state index in [-0.39, 0.29) is 5.56 Å². The third kappa shape index (κ3) is 2.92. The number of aryl methyl sites for hydroxylation is 1. The molecule has 0 saturated carbocycles. The fourth-order valence-electron chi connectivity index (χ4n) is 2.82. The van der Waals surface area contributed by atoms with Crippen LogP contribution in [0.1, 0.15) is 63.4 Å². The first-order chi connectivity index (χ1) is 9.04.